The summed E-state index contributed by atoms with van der Waals surface area (Å²) in [6, 6.07) is 8.08. The van der Waals surface area contributed by atoms with Crippen LogP contribution in [0, 0.1) is 0 Å². The summed E-state index contributed by atoms with van der Waals surface area (Å²) in [7, 11) is 1.65. The van der Waals surface area contributed by atoms with Crippen molar-refractivity contribution in [3.63, 3.8) is 0 Å². The van der Waals surface area contributed by atoms with Crippen molar-refractivity contribution in [1.29, 1.82) is 0 Å². The number of carbonyl (C=O) groups excluding carboxylic acids is 1. The summed E-state index contributed by atoms with van der Waals surface area (Å²) < 4.78 is 7.14. The van der Waals surface area contributed by atoms with Gasteiger partial charge in [-0.15, -0.1) is 0 Å². The van der Waals surface area contributed by atoms with Crippen molar-refractivity contribution in [3.8, 4) is 5.75 Å². The Kier molecular flexibility index (Phi) is 3.41. The molecule has 3 rings (SSSR count). The molecule has 2 heterocycles. The molecule has 1 aliphatic heterocycles. The van der Waals surface area contributed by atoms with Crippen molar-refractivity contribution in [2.24, 2.45) is 0 Å². The number of carbonyl (C=O) groups is 1. The number of nitrogens with zero attached hydrogens (tertiary/aromatic N) is 2. The van der Waals surface area contributed by atoms with E-state index in [2.05, 4.69) is 24.3 Å². The fourth-order valence-electron chi connectivity index (χ4n) is 2.79. The van der Waals surface area contributed by atoms with Gasteiger partial charge in [0.25, 0.3) is 0 Å². The van der Waals surface area contributed by atoms with Gasteiger partial charge in [0.05, 0.1) is 13.3 Å². The predicted molar refractivity (Wildman–Crippen MR) is 80.7 cm³/mol. The molecule has 0 saturated carbocycles. The zero-order valence-corrected chi connectivity index (χ0v) is 12.5. The molecule has 110 valence electrons. The van der Waals surface area contributed by atoms with Gasteiger partial charge in [-0.1, -0.05) is 12.1 Å². The first-order valence-electron chi connectivity index (χ1n) is 7.11. The molecule has 5 nitrogen and oxygen atoms in total. The first-order valence-corrected chi connectivity index (χ1v) is 7.11. The predicted octanol–water partition coefficient (Wildman–Crippen LogP) is 2.95. The van der Waals surface area contributed by atoms with Crippen LogP contribution in [0.5, 0.6) is 5.75 Å². The number of benzene rings is 1. The minimum absolute atomic E-state index is 0.0244. The molecule has 0 aliphatic carbocycles. The van der Waals surface area contributed by atoms with E-state index in [-0.39, 0.29) is 17.9 Å². The van der Waals surface area contributed by atoms with E-state index in [1.807, 2.05) is 35.1 Å². The van der Waals surface area contributed by atoms with Gasteiger partial charge in [0.2, 0.25) is 5.91 Å². The van der Waals surface area contributed by atoms with E-state index in [0.717, 1.165) is 22.7 Å². The van der Waals surface area contributed by atoms with E-state index in [1.54, 1.807) is 7.11 Å². The number of fused-ring (bicyclic) bond motifs is 1. The number of hydrogen-bond acceptors (Lipinski definition) is 3. The lowest BCUT2D eigenvalue weighted by Crippen LogP contribution is -2.25. The third-order valence-electron chi connectivity index (χ3n) is 3.83. The van der Waals surface area contributed by atoms with Crippen molar-refractivity contribution in [3.05, 3.63) is 41.6 Å². The van der Waals surface area contributed by atoms with E-state index in [9.17, 15) is 4.79 Å². The SMILES string of the molecule is COc1cccc(C2CC(=O)Nc3c2cnn3C(C)C)c1. The summed E-state index contributed by atoms with van der Waals surface area (Å²) in [5, 5.41) is 7.37. The number of amides is 1. The quantitative estimate of drug-likeness (QED) is 0.943. The average molecular weight is 285 g/mol. The fraction of sp³-hybridized carbons (Fsp3) is 0.375. The second-order valence-corrected chi connectivity index (χ2v) is 5.57. The van der Waals surface area contributed by atoms with Gasteiger partial charge in [0.15, 0.2) is 0 Å². The van der Waals surface area contributed by atoms with E-state index < -0.39 is 0 Å². The molecule has 1 unspecified atom stereocenters. The van der Waals surface area contributed by atoms with Gasteiger partial charge in [-0.25, -0.2) is 4.68 Å². The van der Waals surface area contributed by atoms with Gasteiger partial charge in [0, 0.05) is 23.9 Å². The second kappa shape index (κ2) is 5.24. The van der Waals surface area contributed by atoms with Gasteiger partial charge in [0.1, 0.15) is 11.6 Å². The van der Waals surface area contributed by atoms with E-state index in [1.165, 1.54) is 0 Å². The Labute approximate surface area is 123 Å². The van der Waals surface area contributed by atoms with Crippen LogP contribution < -0.4 is 10.1 Å². The van der Waals surface area contributed by atoms with Crippen LogP contribution in [-0.2, 0) is 4.79 Å². The highest BCUT2D eigenvalue weighted by molar-refractivity contribution is 5.94. The molecular weight excluding hydrogens is 266 g/mol. The summed E-state index contributed by atoms with van der Waals surface area (Å²) in [5.41, 5.74) is 2.14. The van der Waals surface area contributed by atoms with Gasteiger partial charge in [-0.3, -0.25) is 4.79 Å². The largest absolute Gasteiger partial charge is 0.497 e. The number of nitrogens with one attached hydrogen (secondary N) is 1. The molecule has 1 aliphatic rings. The smallest absolute Gasteiger partial charge is 0.226 e. The van der Waals surface area contributed by atoms with E-state index in [4.69, 9.17) is 4.74 Å². The van der Waals surface area contributed by atoms with Crippen molar-refractivity contribution in [2.45, 2.75) is 32.2 Å². The van der Waals surface area contributed by atoms with Crippen LogP contribution in [0.25, 0.3) is 0 Å². The Morgan fingerprint density at radius 1 is 1.43 bits per heavy atom. The van der Waals surface area contributed by atoms with Gasteiger partial charge in [-0.05, 0) is 31.5 Å². The van der Waals surface area contributed by atoms with Crippen LogP contribution in [0.15, 0.2) is 30.5 Å². The van der Waals surface area contributed by atoms with Crippen LogP contribution in [0.1, 0.15) is 43.4 Å². The maximum atomic E-state index is 12.1. The molecule has 0 fully saturated rings. The van der Waals surface area contributed by atoms with Gasteiger partial charge < -0.3 is 10.1 Å². The Hall–Kier alpha value is -2.30. The highest BCUT2D eigenvalue weighted by atomic mass is 16.5. The molecule has 5 heteroatoms. The minimum atomic E-state index is 0.0244. The summed E-state index contributed by atoms with van der Waals surface area (Å²) in [6.45, 7) is 4.10. The lowest BCUT2D eigenvalue weighted by atomic mass is 9.87. The maximum absolute atomic E-state index is 12.1. The standard InChI is InChI=1S/C16H19N3O2/c1-10(2)19-16-14(9-17-19)13(8-15(20)18-16)11-5-4-6-12(7-11)21-3/h4-7,9-10,13H,8H2,1-3H3,(H,18,20). The molecule has 0 spiro atoms. The molecule has 1 N–H and O–H groups in total. The summed E-state index contributed by atoms with van der Waals surface area (Å²) in [6.07, 6.45) is 2.29. The maximum Gasteiger partial charge on any atom is 0.226 e. The minimum Gasteiger partial charge on any atom is -0.497 e. The number of aromatic nitrogens is 2. The molecule has 0 bridgehead atoms. The summed E-state index contributed by atoms with van der Waals surface area (Å²) in [5.74, 6) is 1.67. The summed E-state index contributed by atoms with van der Waals surface area (Å²) in [4.78, 5) is 12.1. The second-order valence-electron chi connectivity index (χ2n) is 5.57. The van der Waals surface area contributed by atoms with Crippen LogP contribution in [-0.4, -0.2) is 22.8 Å². The zero-order valence-electron chi connectivity index (χ0n) is 12.5. The first-order chi connectivity index (χ1) is 10.1. The topological polar surface area (TPSA) is 56.1 Å². The number of methoxy groups -OCH3 is 1. The fourth-order valence-corrected chi connectivity index (χ4v) is 2.79. The normalized spacial score (nSPS) is 17.5. The zero-order chi connectivity index (χ0) is 15.0. The molecule has 1 amide bonds. The highest BCUT2D eigenvalue weighted by Gasteiger charge is 2.30. The van der Waals surface area contributed by atoms with E-state index >= 15 is 0 Å². The molecule has 21 heavy (non-hydrogen) atoms. The Bertz CT molecular complexity index is 676. The van der Waals surface area contributed by atoms with Crippen LogP contribution in [0.4, 0.5) is 5.82 Å². The van der Waals surface area contributed by atoms with Crippen molar-refractivity contribution in [2.75, 3.05) is 12.4 Å². The van der Waals surface area contributed by atoms with Crippen molar-refractivity contribution >= 4 is 11.7 Å². The Balaban J connectivity index is 2.07. The Morgan fingerprint density at radius 2 is 2.24 bits per heavy atom. The van der Waals surface area contributed by atoms with Gasteiger partial charge in [-0.2, -0.15) is 5.10 Å². The molecule has 0 radical (unpaired) electrons. The molecule has 0 saturated heterocycles. The van der Waals surface area contributed by atoms with Crippen LogP contribution >= 0.6 is 0 Å². The molecule has 1 aromatic carbocycles. The summed E-state index contributed by atoms with van der Waals surface area (Å²) >= 11 is 0. The number of rotatable bonds is 3. The molecule has 1 aromatic heterocycles. The van der Waals surface area contributed by atoms with Crippen LogP contribution in [0.3, 0.4) is 0 Å². The van der Waals surface area contributed by atoms with Crippen LogP contribution in [0.2, 0.25) is 0 Å². The highest BCUT2D eigenvalue weighted by Crippen LogP contribution is 2.38. The number of ether oxygens (including phenoxy) is 1. The lowest BCUT2D eigenvalue weighted by Gasteiger charge is -2.24. The Morgan fingerprint density at radius 3 is 2.95 bits per heavy atom. The van der Waals surface area contributed by atoms with Gasteiger partial charge >= 0.3 is 0 Å². The average Bonchev–Trinajstić information content (AvgIpc) is 2.90. The third-order valence-corrected chi connectivity index (χ3v) is 3.83. The monoisotopic (exact) mass is 285 g/mol. The number of anilines is 1. The molecule has 2 aromatic rings. The molecular formula is C16H19N3O2. The number of hydrogen-bond donors (Lipinski definition) is 1. The lowest BCUT2D eigenvalue weighted by molar-refractivity contribution is -0.116. The van der Waals surface area contributed by atoms with E-state index in [0.29, 0.717) is 6.42 Å². The molecule has 1 atom stereocenters. The van der Waals surface area contributed by atoms with Crippen molar-refractivity contribution < 1.29 is 9.53 Å². The third kappa shape index (κ3) is 2.39. The first kappa shape index (κ1) is 13.7. The van der Waals surface area contributed by atoms with Crippen molar-refractivity contribution in [1.82, 2.24) is 9.78 Å².